The molecule has 1 rings (SSSR count). The van der Waals surface area contributed by atoms with E-state index in [1.807, 2.05) is 25.1 Å². The molecule has 0 aromatic heterocycles. The summed E-state index contributed by atoms with van der Waals surface area (Å²) in [5.74, 6) is 0.131. The maximum Gasteiger partial charge on any atom is 0.159 e. The molecule has 0 heterocycles. The number of hydrogen-bond acceptors (Lipinski definition) is 1. The van der Waals surface area contributed by atoms with Gasteiger partial charge in [-0.05, 0) is 60.2 Å². The van der Waals surface area contributed by atoms with Crippen molar-refractivity contribution in [2.45, 2.75) is 13.8 Å². The van der Waals surface area contributed by atoms with E-state index in [9.17, 15) is 4.79 Å². The van der Waals surface area contributed by atoms with Crippen molar-refractivity contribution in [1.29, 1.82) is 0 Å². The van der Waals surface area contributed by atoms with E-state index in [1.54, 1.807) is 6.92 Å². The van der Waals surface area contributed by atoms with E-state index in [0.717, 1.165) is 14.7 Å². The number of Topliss-reactive ketones (excluding diaryl/α,β-unsaturated/α-hetero) is 1. The van der Waals surface area contributed by atoms with Crippen LogP contribution in [0.4, 0.5) is 0 Å². The van der Waals surface area contributed by atoms with Crippen LogP contribution in [-0.4, -0.2) is 5.78 Å². The van der Waals surface area contributed by atoms with Crippen molar-refractivity contribution in [3.05, 3.63) is 32.9 Å². The van der Waals surface area contributed by atoms with Crippen LogP contribution in [0.25, 0.3) is 0 Å². The molecule has 1 aromatic carbocycles. The maximum atomic E-state index is 10.9. The fourth-order valence-electron chi connectivity index (χ4n) is 0.940. The molecule has 0 atom stereocenters. The Morgan fingerprint density at radius 3 is 2.45 bits per heavy atom. The molecule has 11 heavy (non-hydrogen) atoms. The Hall–Kier alpha value is -0.380. The van der Waals surface area contributed by atoms with Crippen LogP contribution in [-0.2, 0) is 0 Å². The van der Waals surface area contributed by atoms with Gasteiger partial charge in [0, 0.05) is 9.13 Å². The first-order valence-electron chi connectivity index (χ1n) is 3.38. The van der Waals surface area contributed by atoms with Gasteiger partial charge < -0.3 is 0 Å². The first kappa shape index (κ1) is 8.71. The molecular formula is C9H9IO. The molecule has 58 valence electrons. The van der Waals surface area contributed by atoms with Gasteiger partial charge in [-0.15, -0.1) is 0 Å². The second-order valence-corrected chi connectivity index (χ2v) is 3.82. The molecule has 0 saturated heterocycles. The van der Waals surface area contributed by atoms with Gasteiger partial charge in [0.2, 0.25) is 0 Å². The quantitative estimate of drug-likeness (QED) is 0.560. The molecule has 1 aromatic rings. The van der Waals surface area contributed by atoms with E-state index in [1.165, 1.54) is 0 Å². The zero-order chi connectivity index (χ0) is 8.43. The third-order valence-corrected chi connectivity index (χ3v) is 2.07. The minimum Gasteiger partial charge on any atom is -0.295 e. The SMILES string of the molecule is CC(=O)c1cc(C)cc(I)c1. The minimum absolute atomic E-state index is 0.131. The first-order chi connectivity index (χ1) is 5.09. The lowest BCUT2D eigenvalue weighted by Gasteiger charge is -1.98. The highest BCUT2D eigenvalue weighted by Gasteiger charge is 1.99. The minimum atomic E-state index is 0.131. The highest BCUT2D eigenvalue weighted by atomic mass is 127. The van der Waals surface area contributed by atoms with Gasteiger partial charge in [0.25, 0.3) is 0 Å². The van der Waals surface area contributed by atoms with Gasteiger partial charge in [-0.2, -0.15) is 0 Å². The van der Waals surface area contributed by atoms with E-state index in [4.69, 9.17) is 0 Å². The van der Waals surface area contributed by atoms with Gasteiger partial charge in [0.15, 0.2) is 5.78 Å². The van der Waals surface area contributed by atoms with Crippen molar-refractivity contribution in [2.75, 3.05) is 0 Å². The highest BCUT2D eigenvalue weighted by molar-refractivity contribution is 14.1. The Balaban J connectivity index is 3.19. The smallest absolute Gasteiger partial charge is 0.159 e. The lowest BCUT2D eigenvalue weighted by atomic mass is 10.1. The van der Waals surface area contributed by atoms with E-state index in [2.05, 4.69) is 22.6 Å². The predicted molar refractivity (Wildman–Crippen MR) is 53.9 cm³/mol. The Morgan fingerprint density at radius 1 is 1.36 bits per heavy atom. The largest absolute Gasteiger partial charge is 0.295 e. The Kier molecular flexibility index (Phi) is 2.65. The normalized spacial score (nSPS) is 9.73. The van der Waals surface area contributed by atoms with E-state index in [0.29, 0.717) is 0 Å². The number of carbonyl (C=O) groups excluding carboxylic acids is 1. The summed E-state index contributed by atoms with van der Waals surface area (Å²) in [6, 6.07) is 5.85. The van der Waals surface area contributed by atoms with Crippen molar-refractivity contribution in [2.24, 2.45) is 0 Å². The third kappa shape index (κ3) is 2.29. The number of benzene rings is 1. The zero-order valence-corrected chi connectivity index (χ0v) is 8.68. The molecule has 0 fully saturated rings. The molecule has 2 heteroatoms. The van der Waals surface area contributed by atoms with E-state index >= 15 is 0 Å². The molecule has 0 radical (unpaired) electrons. The standard InChI is InChI=1S/C9H9IO/c1-6-3-8(7(2)11)5-9(10)4-6/h3-5H,1-2H3. The van der Waals surface area contributed by atoms with Crippen molar-refractivity contribution in [3.63, 3.8) is 0 Å². The van der Waals surface area contributed by atoms with Gasteiger partial charge in [-0.3, -0.25) is 4.79 Å². The number of halogens is 1. The second-order valence-electron chi connectivity index (χ2n) is 2.57. The van der Waals surface area contributed by atoms with Crippen LogP contribution in [0.15, 0.2) is 18.2 Å². The molecule has 0 amide bonds. The van der Waals surface area contributed by atoms with E-state index < -0.39 is 0 Å². The van der Waals surface area contributed by atoms with Crippen LogP contribution in [0, 0.1) is 10.5 Å². The summed E-state index contributed by atoms with van der Waals surface area (Å²) >= 11 is 2.21. The lowest BCUT2D eigenvalue weighted by molar-refractivity contribution is 0.101. The summed E-state index contributed by atoms with van der Waals surface area (Å²) in [6.07, 6.45) is 0. The number of aryl methyl sites for hydroxylation is 1. The molecule has 0 N–H and O–H groups in total. The Labute approximate surface area is 79.9 Å². The van der Waals surface area contributed by atoms with Crippen LogP contribution >= 0.6 is 22.6 Å². The lowest BCUT2D eigenvalue weighted by Crippen LogP contribution is -1.93. The number of hydrogen-bond donors (Lipinski definition) is 0. The summed E-state index contributed by atoms with van der Waals surface area (Å²) in [5.41, 5.74) is 1.94. The first-order valence-corrected chi connectivity index (χ1v) is 4.45. The number of ketones is 1. The molecule has 1 nitrogen and oxygen atoms in total. The van der Waals surface area contributed by atoms with Gasteiger partial charge >= 0.3 is 0 Å². The average molecular weight is 260 g/mol. The molecule has 0 unspecified atom stereocenters. The molecular weight excluding hydrogens is 251 g/mol. The topological polar surface area (TPSA) is 17.1 Å². The van der Waals surface area contributed by atoms with Crippen LogP contribution in [0.1, 0.15) is 22.8 Å². The van der Waals surface area contributed by atoms with Crippen molar-refractivity contribution >= 4 is 28.4 Å². The molecule has 0 bridgehead atoms. The van der Waals surface area contributed by atoms with Crippen LogP contribution < -0.4 is 0 Å². The Morgan fingerprint density at radius 2 is 2.00 bits per heavy atom. The highest BCUT2D eigenvalue weighted by Crippen LogP contribution is 2.11. The predicted octanol–water partition coefficient (Wildman–Crippen LogP) is 2.80. The molecule has 0 aliphatic heterocycles. The van der Waals surface area contributed by atoms with Gasteiger partial charge in [0.05, 0.1) is 0 Å². The maximum absolute atomic E-state index is 10.9. The second kappa shape index (κ2) is 3.34. The van der Waals surface area contributed by atoms with Gasteiger partial charge in [-0.25, -0.2) is 0 Å². The fourth-order valence-corrected chi connectivity index (χ4v) is 1.77. The molecule has 0 aliphatic carbocycles. The fraction of sp³-hybridized carbons (Fsp3) is 0.222. The third-order valence-electron chi connectivity index (χ3n) is 1.45. The van der Waals surface area contributed by atoms with Crippen molar-refractivity contribution < 1.29 is 4.79 Å². The summed E-state index contributed by atoms with van der Waals surface area (Å²) in [7, 11) is 0. The van der Waals surface area contributed by atoms with Gasteiger partial charge in [-0.1, -0.05) is 0 Å². The zero-order valence-electron chi connectivity index (χ0n) is 6.52. The summed E-state index contributed by atoms with van der Waals surface area (Å²) in [5, 5.41) is 0. The van der Waals surface area contributed by atoms with Crippen molar-refractivity contribution in [3.8, 4) is 0 Å². The number of carbonyl (C=O) groups is 1. The average Bonchev–Trinajstić information content (AvgIpc) is 1.85. The monoisotopic (exact) mass is 260 g/mol. The molecule has 0 aliphatic rings. The molecule has 0 spiro atoms. The van der Waals surface area contributed by atoms with Crippen LogP contribution in [0.5, 0.6) is 0 Å². The van der Waals surface area contributed by atoms with Crippen molar-refractivity contribution in [1.82, 2.24) is 0 Å². The molecule has 0 saturated carbocycles. The van der Waals surface area contributed by atoms with Gasteiger partial charge in [0.1, 0.15) is 0 Å². The van der Waals surface area contributed by atoms with Crippen LogP contribution in [0.2, 0.25) is 0 Å². The number of rotatable bonds is 1. The Bertz CT molecular complexity index is 271. The van der Waals surface area contributed by atoms with Crippen LogP contribution in [0.3, 0.4) is 0 Å². The van der Waals surface area contributed by atoms with E-state index in [-0.39, 0.29) is 5.78 Å². The summed E-state index contributed by atoms with van der Waals surface area (Å²) < 4.78 is 1.12. The summed E-state index contributed by atoms with van der Waals surface area (Å²) in [4.78, 5) is 10.9. The summed E-state index contributed by atoms with van der Waals surface area (Å²) in [6.45, 7) is 3.58.